The maximum atomic E-state index is 6.08. The molecule has 4 rings (SSSR count). The molecule has 1 atom stereocenters. The molecule has 1 aromatic carbocycles. The van der Waals surface area contributed by atoms with Gasteiger partial charge < -0.3 is 4.74 Å². The average molecular weight is 329 g/mol. The molecule has 24 heavy (non-hydrogen) atoms. The summed E-state index contributed by atoms with van der Waals surface area (Å²) in [6, 6.07) is 9.68. The van der Waals surface area contributed by atoms with E-state index in [1.54, 1.807) is 0 Å². The molecule has 2 aliphatic heterocycles. The molecule has 1 saturated carbocycles. The molecule has 0 radical (unpaired) electrons. The Morgan fingerprint density at radius 1 is 0.833 bits per heavy atom. The highest BCUT2D eigenvalue weighted by Crippen LogP contribution is 2.25. The third kappa shape index (κ3) is 4.12. The first-order chi connectivity index (χ1) is 11.9. The van der Waals surface area contributed by atoms with Gasteiger partial charge in [-0.05, 0) is 88.7 Å². The van der Waals surface area contributed by atoms with Gasteiger partial charge in [0, 0.05) is 19.1 Å². The summed E-state index contributed by atoms with van der Waals surface area (Å²) in [5, 5.41) is 0. The summed E-state index contributed by atoms with van der Waals surface area (Å²) >= 11 is 0. The fourth-order valence-electron chi connectivity index (χ4n) is 4.71. The number of rotatable bonds is 5. The minimum Gasteiger partial charge on any atom is -0.490 e. The number of hydrogen-bond donors (Lipinski definition) is 0. The van der Waals surface area contributed by atoms with Crippen molar-refractivity contribution in [2.75, 3.05) is 26.2 Å². The predicted molar refractivity (Wildman–Crippen MR) is 98.4 cm³/mol. The molecular weight excluding hydrogens is 296 g/mol. The van der Waals surface area contributed by atoms with E-state index in [1.165, 1.54) is 83.1 Å². The Labute approximate surface area is 147 Å². The van der Waals surface area contributed by atoms with Crippen LogP contribution in [0.4, 0.5) is 0 Å². The van der Waals surface area contributed by atoms with E-state index in [4.69, 9.17) is 4.74 Å². The van der Waals surface area contributed by atoms with Crippen LogP contribution < -0.4 is 4.74 Å². The van der Waals surface area contributed by atoms with Gasteiger partial charge in [0.05, 0.1) is 6.10 Å². The lowest BCUT2D eigenvalue weighted by Gasteiger charge is -2.37. The Balaban J connectivity index is 1.29. The standard InChI is InChI=1S/C21H32N2O/c1-2-8-20(7-1)24-21-11-9-18(10-12-21)16-22-13-5-6-19(17-22)23-14-3-4-15-23/h9-12,19-20H,1-8,13-17H2. The second-order valence-corrected chi connectivity index (χ2v) is 7.94. The van der Waals surface area contributed by atoms with E-state index in [0.717, 1.165) is 18.3 Å². The fourth-order valence-corrected chi connectivity index (χ4v) is 4.71. The summed E-state index contributed by atoms with van der Waals surface area (Å²) in [6.45, 7) is 6.25. The maximum Gasteiger partial charge on any atom is 0.119 e. The highest BCUT2D eigenvalue weighted by molar-refractivity contribution is 5.27. The lowest BCUT2D eigenvalue weighted by Crippen LogP contribution is -2.46. The van der Waals surface area contributed by atoms with E-state index in [1.807, 2.05) is 0 Å². The van der Waals surface area contributed by atoms with Crippen LogP contribution in [-0.4, -0.2) is 48.1 Å². The van der Waals surface area contributed by atoms with E-state index < -0.39 is 0 Å². The first-order valence-electron chi connectivity index (χ1n) is 10.1. The number of benzene rings is 1. The van der Waals surface area contributed by atoms with E-state index in [-0.39, 0.29) is 0 Å². The summed E-state index contributed by atoms with van der Waals surface area (Å²) in [5.74, 6) is 1.05. The van der Waals surface area contributed by atoms with Gasteiger partial charge in [0.2, 0.25) is 0 Å². The van der Waals surface area contributed by atoms with E-state index in [9.17, 15) is 0 Å². The maximum absolute atomic E-state index is 6.08. The zero-order valence-electron chi connectivity index (χ0n) is 15.0. The zero-order valence-corrected chi connectivity index (χ0v) is 15.0. The molecule has 3 aliphatic rings. The van der Waals surface area contributed by atoms with Crippen LogP contribution in [-0.2, 0) is 6.54 Å². The molecule has 0 bridgehead atoms. The van der Waals surface area contributed by atoms with Gasteiger partial charge in [0.25, 0.3) is 0 Å². The molecule has 1 aromatic rings. The lowest BCUT2D eigenvalue weighted by molar-refractivity contribution is 0.110. The monoisotopic (exact) mass is 328 g/mol. The summed E-state index contributed by atoms with van der Waals surface area (Å²) in [6.07, 6.45) is 11.1. The van der Waals surface area contributed by atoms with Crippen LogP contribution in [0.25, 0.3) is 0 Å². The molecule has 2 heterocycles. The van der Waals surface area contributed by atoms with Crippen molar-refractivity contribution in [3.8, 4) is 5.75 Å². The lowest BCUT2D eigenvalue weighted by atomic mass is 10.0. The smallest absolute Gasteiger partial charge is 0.119 e. The third-order valence-electron chi connectivity index (χ3n) is 6.07. The molecule has 3 heteroatoms. The molecule has 0 amide bonds. The molecule has 0 aromatic heterocycles. The van der Waals surface area contributed by atoms with Gasteiger partial charge in [0.15, 0.2) is 0 Å². The Kier molecular flexibility index (Phi) is 5.39. The van der Waals surface area contributed by atoms with Crippen molar-refractivity contribution in [2.24, 2.45) is 0 Å². The molecular formula is C21H32N2O. The number of ether oxygens (including phenoxy) is 1. The van der Waals surface area contributed by atoms with Gasteiger partial charge >= 0.3 is 0 Å². The summed E-state index contributed by atoms with van der Waals surface area (Å²) < 4.78 is 6.08. The Bertz CT molecular complexity index is 503. The van der Waals surface area contributed by atoms with Crippen LogP contribution in [0, 0.1) is 0 Å². The second kappa shape index (κ2) is 7.88. The van der Waals surface area contributed by atoms with E-state index in [0.29, 0.717) is 6.10 Å². The van der Waals surface area contributed by atoms with Crippen LogP contribution in [0.5, 0.6) is 5.75 Å². The van der Waals surface area contributed by atoms with Gasteiger partial charge in [-0.3, -0.25) is 9.80 Å². The van der Waals surface area contributed by atoms with Crippen molar-refractivity contribution < 1.29 is 4.74 Å². The minimum atomic E-state index is 0.458. The fraction of sp³-hybridized carbons (Fsp3) is 0.714. The third-order valence-corrected chi connectivity index (χ3v) is 6.07. The largest absolute Gasteiger partial charge is 0.490 e. The number of likely N-dealkylation sites (tertiary alicyclic amines) is 2. The highest BCUT2D eigenvalue weighted by atomic mass is 16.5. The highest BCUT2D eigenvalue weighted by Gasteiger charge is 2.27. The Morgan fingerprint density at radius 2 is 1.58 bits per heavy atom. The van der Waals surface area contributed by atoms with E-state index in [2.05, 4.69) is 34.1 Å². The molecule has 1 unspecified atom stereocenters. The Hall–Kier alpha value is -1.06. The van der Waals surface area contributed by atoms with Crippen molar-refractivity contribution in [3.05, 3.63) is 29.8 Å². The predicted octanol–water partition coefficient (Wildman–Crippen LogP) is 4.07. The van der Waals surface area contributed by atoms with E-state index >= 15 is 0 Å². The molecule has 2 saturated heterocycles. The first-order valence-corrected chi connectivity index (χ1v) is 10.1. The van der Waals surface area contributed by atoms with Crippen LogP contribution in [0.2, 0.25) is 0 Å². The normalized spacial score (nSPS) is 26.9. The second-order valence-electron chi connectivity index (χ2n) is 7.94. The van der Waals surface area contributed by atoms with Crippen molar-refractivity contribution >= 4 is 0 Å². The van der Waals surface area contributed by atoms with Crippen LogP contribution in [0.15, 0.2) is 24.3 Å². The molecule has 132 valence electrons. The summed E-state index contributed by atoms with van der Waals surface area (Å²) in [7, 11) is 0. The summed E-state index contributed by atoms with van der Waals surface area (Å²) in [5.41, 5.74) is 1.43. The summed E-state index contributed by atoms with van der Waals surface area (Å²) in [4.78, 5) is 5.38. The van der Waals surface area contributed by atoms with Crippen molar-refractivity contribution in [1.29, 1.82) is 0 Å². The van der Waals surface area contributed by atoms with Gasteiger partial charge in [-0.15, -0.1) is 0 Å². The number of piperidine rings is 1. The van der Waals surface area contributed by atoms with Crippen molar-refractivity contribution in [2.45, 2.75) is 70.1 Å². The minimum absolute atomic E-state index is 0.458. The zero-order chi connectivity index (χ0) is 16.2. The van der Waals surface area contributed by atoms with Crippen molar-refractivity contribution in [1.82, 2.24) is 9.80 Å². The number of hydrogen-bond acceptors (Lipinski definition) is 3. The van der Waals surface area contributed by atoms with Crippen molar-refractivity contribution in [3.63, 3.8) is 0 Å². The molecule has 3 nitrogen and oxygen atoms in total. The molecule has 3 fully saturated rings. The topological polar surface area (TPSA) is 15.7 Å². The molecule has 0 N–H and O–H groups in total. The average Bonchev–Trinajstić information content (AvgIpc) is 3.30. The van der Waals surface area contributed by atoms with Gasteiger partial charge in [0.1, 0.15) is 5.75 Å². The SMILES string of the molecule is c1cc(OC2CCCC2)ccc1CN1CCCC(N2CCCC2)C1. The van der Waals surface area contributed by atoms with Crippen LogP contribution in [0.1, 0.15) is 56.9 Å². The molecule has 0 spiro atoms. The molecule has 1 aliphatic carbocycles. The quantitative estimate of drug-likeness (QED) is 0.810. The van der Waals surface area contributed by atoms with Crippen LogP contribution in [0.3, 0.4) is 0 Å². The van der Waals surface area contributed by atoms with Gasteiger partial charge in [-0.25, -0.2) is 0 Å². The Morgan fingerprint density at radius 3 is 2.33 bits per heavy atom. The number of nitrogens with zero attached hydrogens (tertiary/aromatic N) is 2. The first kappa shape index (κ1) is 16.4. The van der Waals surface area contributed by atoms with Gasteiger partial charge in [-0.2, -0.15) is 0 Å². The van der Waals surface area contributed by atoms with Crippen LogP contribution >= 0.6 is 0 Å². The van der Waals surface area contributed by atoms with Gasteiger partial charge in [-0.1, -0.05) is 12.1 Å².